The molecule has 0 spiro atoms. The highest BCUT2D eigenvalue weighted by Gasteiger charge is 2.23. The molecule has 94 valence electrons. The van der Waals surface area contributed by atoms with Crippen LogP contribution in [0.2, 0.25) is 0 Å². The Morgan fingerprint density at radius 1 is 1.28 bits per heavy atom. The third-order valence-electron chi connectivity index (χ3n) is 2.75. The molecule has 0 aliphatic heterocycles. The number of nitrogens with zero attached hydrogens (tertiary/aromatic N) is 1. The molecular formula is C14H15NO3. The first-order chi connectivity index (χ1) is 8.68. The molecule has 0 radical (unpaired) electrons. The van der Waals surface area contributed by atoms with E-state index in [0.717, 1.165) is 11.3 Å². The molecule has 0 aliphatic carbocycles. The summed E-state index contributed by atoms with van der Waals surface area (Å²) in [6, 6.07) is 13.2. The van der Waals surface area contributed by atoms with Crippen LogP contribution in [0.5, 0.6) is 0 Å². The molecule has 1 aromatic carbocycles. The van der Waals surface area contributed by atoms with Crippen LogP contribution in [-0.2, 0) is 4.79 Å². The molecule has 0 saturated carbocycles. The van der Waals surface area contributed by atoms with Gasteiger partial charge in [-0.1, -0.05) is 30.3 Å². The molecule has 18 heavy (non-hydrogen) atoms. The van der Waals surface area contributed by atoms with Crippen molar-refractivity contribution in [2.75, 3.05) is 13.6 Å². The maximum atomic E-state index is 10.8. The number of rotatable bonds is 5. The number of aliphatic carboxylic acids is 1. The zero-order chi connectivity index (χ0) is 13.0. The minimum atomic E-state index is -0.856. The maximum Gasteiger partial charge on any atom is 0.317 e. The van der Waals surface area contributed by atoms with Crippen LogP contribution in [-0.4, -0.2) is 29.6 Å². The standard InChI is InChI=1S/C14H15NO3/c1-15(10-13(16)17)14(12-8-5-9-18-12)11-6-3-2-4-7-11/h2-9,14H,10H2,1H3,(H,16,17). The molecule has 0 amide bonds. The fraction of sp³-hybridized carbons (Fsp3) is 0.214. The zero-order valence-electron chi connectivity index (χ0n) is 10.1. The molecule has 4 heteroatoms. The molecule has 1 unspecified atom stereocenters. The third-order valence-corrected chi connectivity index (χ3v) is 2.75. The lowest BCUT2D eigenvalue weighted by molar-refractivity contribution is -0.138. The SMILES string of the molecule is CN(CC(=O)O)C(c1ccccc1)c1ccco1. The number of hydrogen-bond donors (Lipinski definition) is 1. The summed E-state index contributed by atoms with van der Waals surface area (Å²) >= 11 is 0. The number of carbonyl (C=O) groups is 1. The second kappa shape index (κ2) is 5.51. The van der Waals surface area contributed by atoms with Crippen LogP contribution in [0.4, 0.5) is 0 Å². The molecule has 1 heterocycles. The van der Waals surface area contributed by atoms with E-state index < -0.39 is 5.97 Å². The number of benzene rings is 1. The van der Waals surface area contributed by atoms with Crippen LogP contribution in [0, 0.1) is 0 Å². The Morgan fingerprint density at radius 3 is 2.56 bits per heavy atom. The molecule has 1 atom stereocenters. The minimum Gasteiger partial charge on any atom is -0.480 e. The van der Waals surface area contributed by atoms with Gasteiger partial charge in [-0.3, -0.25) is 9.69 Å². The van der Waals surface area contributed by atoms with E-state index >= 15 is 0 Å². The van der Waals surface area contributed by atoms with Gasteiger partial charge in [-0.25, -0.2) is 0 Å². The van der Waals surface area contributed by atoms with Crippen molar-refractivity contribution in [2.24, 2.45) is 0 Å². The normalized spacial score (nSPS) is 12.6. The smallest absolute Gasteiger partial charge is 0.317 e. The molecule has 0 bridgehead atoms. The Balaban J connectivity index is 2.32. The van der Waals surface area contributed by atoms with Crippen molar-refractivity contribution >= 4 is 5.97 Å². The van der Waals surface area contributed by atoms with Gasteiger partial charge in [-0.2, -0.15) is 0 Å². The number of carboxylic acid groups (broad SMARTS) is 1. The average molecular weight is 245 g/mol. The quantitative estimate of drug-likeness (QED) is 0.878. The molecule has 1 N–H and O–H groups in total. The molecule has 0 fully saturated rings. The van der Waals surface area contributed by atoms with Crippen molar-refractivity contribution in [3.8, 4) is 0 Å². The molecule has 2 aromatic rings. The Bertz CT molecular complexity index is 493. The van der Waals surface area contributed by atoms with Crippen LogP contribution in [0.15, 0.2) is 53.1 Å². The van der Waals surface area contributed by atoms with Crippen molar-refractivity contribution in [1.82, 2.24) is 4.90 Å². The largest absolute Gasteiger partial charge is 0.480 e. The number of carboxylic acids is 1. The Hall–Kier alpha value is -2.07. The van der Waals surface area contributed by atoms with Crippen LogP contribution < -0.4 is 0 Å². The monoisotopic (exact) mass is 245 g/mol. The summed E-state index contributed by atoms with van der Waals surface area (Å²) in [5.74, 6) is -0.116. The van der Waals surface area contributed by atoms with E-state index in [-0.39, 0.29) is 12.6 Å². The summed E-state index contributed by atoms with van der Waals surface area (Å²) < 4.78 is 5.42. The fourth-order valence-corrected chi connectivity index (χ4v) is 2.02. The first-order valence-electron chi connectivity index (χ1n) is 5.69. The Kier molecular flexibility index (Phi) is 3.79. The first kappa shape index (κ1) is 12.4. The Morgan fingerprint density at radius 2 is 2.00 bits per heavy atom. The average Bonchev–Trinajstić information content (AvgIpc) is 2.83. The lowest BCUT2D eigenvalue weighted by Gasteiger charge is -2.25. The maximum absolute atomic E-state index is 10.8. The van der Waals surface area contributed by atoms with Crippen molar-refractivity contribution in [3.63, 3.8) is 0 Å². The van der Waals surface area contributed by atoms with Gasteiger partial charge < -0.3 is 9.52 Å². The number of likely N-dealkylation sites (N-methyl/N-ethyl adjacent to an activating group) is 1. The topological polar surface area (TPSA) is 53.7 Å². The van der Waals surface area contributed by atoms with E-state index in [1.54, 1.807) is 24.3 Å². The second-order valence-corrected chi connectivity index (χ2v) is 4.14. The molecule has 4 nitrogen and oxygen atoms in total. The summed E-state index contributed by atoms with van der Waals surface area (Å²) in [7, 11) is 1.77. The highest BCUT2D eigenvalue weighted by Crippen LogP contribution is 2.27. The summed E-state index contributed by atoms with van der Waals surface area (Å²) in [4.78, 5) is 12.6. The first-order valence-corrected chi connectivity index (χ1v) is 5.69. The summed E-state index contributed by atoms with van der Waals surface area (Å²) in [6.07, 6.45) is 1.60. The van der Waals surface area contributed by atoms with Gasteiger partial charge in [0, 0.05) is 0 Å². The van der Waals surface area contributed by atoms with Gasteiger partial charge in [-0.15, -0.1) is 0 Å². The van der Waals surface area contributed by atoms with Crippen molar-refractivity contribution in [3.05, 3.63) is 60.1 Å². The third kappa shape index (κ3) is 2.78. The fourth-order valence-electron chi connectivity index (χ4n) is 2.02. The van der Waals surface area contributed by atoms with Crippen molar-refractivity contribution in [2.45, 2.75) is 6.04 Å². The summed E-state index contributed by atoms with van der Waals surface area (Å²) in [5.41, 5.74) is 1.01. The lowest BCUT2D eigenvalue weighted by atomic mass is 10.0. The second-order valence-electron chi connectivity index (χ2n) is 4.14. The van der Waals surface area contributed by atoms with Crippen LogP contribution in [0.3, 0.4) is 0 Å². The van der Waals surface area contributed by atoms with E-state index in [1.807, 2.05) is 36.4 Å². The number of hydrogen-bond acceptors (Lipinski definition) is 3. The summed E-state index contributed by atoms with van der Waals surface area (Å²) in [5, 5.41) is 8.90. The predicted octanol–water partition coefficient (Wildman–Crippen LogP) is 2.39. The minimum absolute atomic E-state index is 0.0414. The molecule has 2 rings (SSSR count). The van der Waals surface area contributed by atoms with Gasteiger partial charge in [0.25, 0.3) is 0 Å². The zero-order valence-corrected chi connectivity index (χ0v) is 10.1. The van der Waals surface area contributed by atoms with Crippen molar-refractivity contribution in [1.29, 1.82) is 0 Å². The van der Waals surface area contributed by atoms with Gasteiger partial charge in [0.2, 0.25) is 0 Å². The lowest BCUT2D eigenvalue weighted by Crippen LogP contribution is -2.30. The summed E-state index contributed by atoms with van der Waals surface area (Å²) in [6.45, 7) is -0.0414. The molecule has 0 aliphatic rings. The molecule has 0 saturated heterocycles. The van der Waals surface area contributed by atoms with E-state index in [0.29, 0.717) is 0 Å². The van der Waals surface area contributed by atoms with E-state index in [4.69, 9.17) is 9.52 Å². The van der Waals surface area contributed by atoms with E-state index in [1.165, 1.54) is 0 Å². The Labute approximate surface area is 105 Å². The van der Waals surface area contributed by atoms with Gasteiger partial charge in [0.05, 0.1) is 18.8 Å². The van der Waals surface area contributed by atoms with Gasteiger partial charge in [0.1, 0.15) is 5.76 Å². The number of furan rings is 1. The highest BCUT2D eigenvalue weighted by atomic mass is 16.4. The van der Waals surface area contributed by atoms with Gasteiger partial charge >= 0.3 is 5.97 Å². The van der Waals surface area contributed by atoms with Crippen LogP contribution in [0.25, 0.3) is 0 Å². The highest BCUT2D eigenvalue weighted by molar-refractivity contribution is 5.69. The van der Waals surface area contributed by atoms with Crippen LogP contribution >= 0.6 is 0 Å². The molecular weight excluding hydrogens is 230 g/mol. The molecule has 1 aromatic heterocycles. The van der Waals surface area contributed by atoms with E-state index in [2.05, 4.69) is 0 Å². The van der Waals surface area contributed by atoms with Crippen molar-refractivity contribution < 1.29 is 14.3 Å². The van der Waals surface area contributed by atoms with Gasteiger partial charge in [-0.05, 0) is 24.7 Å². The van der Waals surface area contributed by atoms with Gasteiger partial charge in [0.15, 0.2) is 0 Å². The predicted molar refractivity (Wildman–Crippen MR) is 67.3 cm³/mol. The van der Waals surface area contributed by atoms with E-state index in [9.17, 15) is 4.79 Å². The van der Waals surface area contributed by atoms with Crippen LogP contribution in [0.1, 0.15) is 17.4 Å².